The number of hydrogen-bond acceptors (Lipinski definition) is 5. The summed E-state index contributed by atoms with van der Waals surface area (Å²) in [6.07, 6.45) is 0. The largest absolute Gasteiger partial charge is 0.343 e. The van der Waals surface area contributed by atoms with Crippen molar-refractivity contribution in [2.45, 2.75) is 23.7 Å². The molecule has 2 aromatic heterocycles. The minimum absolute atomic E-state index is 0.234. The molecule has 2 aromatic rings. The van der Waals surface area contributed by atoms with Gasteiger partial charge in [0.25, 0.3) is 0 Å². The fourth-order valence-corrected chi connectivity index (χ4v) is 2.53. The number of hydrogen-bond donors (Lipinski definition) is 1. The second-order valence-corrected chi connectivity index (χ2v) is 4.66. The Morgan fingerprint density at radius 1 is 1.61 bits per heavy atom. The molecular formula is C10H8ClN5OS. The molecule has 1 N–H and O–H groups in total. The predicted octanol–water partition coefficient (Wildman–Crippen LogP) is 1.66. The number of pyridine rings is 1. The molecule has 0 radical (unpaired) electrons. The topological polar surface area (TPSA) is 87.4 Å². The average Bonchev–Trinajstić information content (AvgIpc) is 2.69. The molecule has 0 fully saturated rings. The molecule has 0 atom stereocenters. The summed E-state index contributed by atoms with van der Waals surface area (Å²) in [6, 6.07) is 5.06. The summed E-state index contributed by atoms with van der Waals surface area (Å²) < 4.78 is 1.47. The monoisotopic (exact) mass is 281 g/mol. The smallest absolute Gasteiger partial charge is 0.270 e. The minimum atomic E-state index is -0.275. The first-order valence-electron chi connectivity index (χ1n) is 5.04. The van der Waals surface area contributed by atoms with Crippen LogP contribution in [0.15, 0.2) is 27.1 Å². The van der Waals surface area contributed by atoms with E-state index in [0.717, 1.165) is 0 Å². The number of aromatic nitrogens is 4. The highest BCUT2D eigenvalue weighted by atomic mass is 35.5. The van der Waals surface area contributed by atoms with E-state index in [1.807, 2.05) is 13.0 Å². The van der Waals surface area contributed by atoms with Crippen molar-refractivity contribution in [2.24, 2.45) is 0 Å². The molecule has 0 saturated heterocycles. The molecule has 0 aliphatic carbocycles. The lowest BCUT2D eigenvalue weighted by Crippen LogP contribution is -2.16. The zero-order valence-corrected chi connectivity index (χ0v) is 10.9. The summed E-state index contributed by atoms with van der Waals surface area (Å²) in [7, 11) is 0. The fraction of sp³-hybridized carbons (Fsp3) is 0.200. The van der Waals surface area contributed by atoms with Crippen molar-refractivity contribution < 1.29 is 0 Å². The molecule has 0 spiro atoms. The number of nitrogens with one attached hydrogen (secondary N) is 1. The van der Waals surface area contributed by atoms with Gasteiger partial charge >= 0.3 is 5.69 Å². The van der Waals surface area contributed by atoms with E-state index >= 15 is 0 Å². The Morgan fingerprint density at radius 3 is 3.06 bits per heavy atom. The van der Waals surface area contributed by atoms with Gasteiger partial charge in [0.2, 0.25) is 0 Å². The first-order valence-corrected chi connectivity index (χ1v) is 6.24. The van der Waals surface area contributed by atoms with Gasteiger partial charge in [-0.1, -0.05) is 11.6 Å². The Bertz CT molecular complexity index is 672. The Balaban J connectivity index is 2.37. The second kappa shape index (κ2) is 5.25. The molecule has 2 rings (SSSR count). The van der Waals surface area contributed by atoms with Gasteiger partial charge in [-0.25, -0.2) is 14.9 Å². The van der Waals surface area contributed by atoms with E-state index in [1.165, 1.54) is 22.4 Å². The normalized spacial score (nSPS) is 10.3. The van der Waals surface area contributed by atoms with Crippen LogP contribution in [0, 0.1) is 11.3 Å². The third-order valence-electron chi connectivity index (χ3n) is 2.14. The van der Waals surface area contributed by atoms with Gasteiger partial charge in [-0.15, -0.1) is 5.10 Å². The third kappa shape index (κ3) is 2.55. The van der Waals surface area contributed by atoms with Crippen molar-refractivity contribution >= 4 is 23.4 Å². The van der Waals surface area contributed by atoms with Crippen LogP contribution in [-0.4, -0.2) is 19.7 Å². The van der Waals surface area contributed by atoms with Crippen LogP contribution in [-0.2, 0) is 6.54 Å². The van der Waals surface area contributed by atoms with Crippen molar-refractivity contribution in [1.29, 1.82) is 5.26 Å². The van der Waals surface area contributed by atoms with E-state index in [0.29, 0.717) is 22.3 Å². The van der Waals surface area contributed by atoms with Crippen LogP contribution in [0.4, 0.5) is 0 Å². The summed E-state index contributed by atoms with van der Waals surface area (Å²) in [4.78, 5) is 15.5. The van der Waals surface area contributed by atoms with Crippen LogP contribution >= 0.6 is 23.4 Å². The molecule has 18 heavy (non-hydrogen) atoms. The molecule has 0 amide bonds. The Labute approximate surface area is 112 Å². The van der Waals surface area contributed by atoms with Crippen LogP contribution in [0.2, 0.25) is 5.15 Å². The molecule has 6 nitrogen and oxygen atoms in total. The third-order valence-corrected chi connectivity index (χ3v) is 3.24. The van der Waals surface area contributed by atoms with E-state index in [-0.39, 0.29) is 10.8 Å². The van der Waals surface area contributed by atoms with E-state index in [9.17, 15) is 4.79 Å². The first-order chi connectivity index (χ1) is 8.63. The number of aromatic amines is 1. The maximum atomic E-state index is 11.4. The van der Waals surface area contributed by atoms with Gasteiger partial charge in [0.05, 0.1) is 11.6 Å². The average molecular weight is 282 g/mol. The summed E-state index contributed by atoms with van der Waals surface area (Å²) in [5.41, 5.74) is 0.140. The Hall–Kier alpha value is -1.78. The summed E-state index contributed by atoms with van der Waals surface area (Å²) in [5.74, 6) is 0. The molecule has 8 heteroatoms. The van der Waals surface area contributed by atoms with Crippen molar-refractivity contribution in [1.82, 2.24) is 19.7 Å². The predicted molar refractivity (Wildman–Crippen MR) is 66.6 cm³/mol. The van der Waals surface area contributed by atoms with E-state index in [2.05, 4.69) is 15.2 Å². The molecule has 0 aromatic carbocycles. The van der Waals surface area contributed by atoms with Gasteiger partial charge in [-0.3, -0.25) is 4.57 Å². The van der Waals surface area contributed by atoms with Crippen LogP contribution in [0.25, 0.3) is 0 Å². The fourth-order valence-electron chi connectivity index (χ4n) is 1.34. The van der Waals surface area contributed by atoms with Crippen molar-refractivity contribution in [3.8, 4) is 6.07 Å². The number of H-pyrrole nitrogens is 1. The first kappa shape index (κ1) is 12.7. The molecule has 0 saturated carbocycles. The van der Waals surface area contributed by atoms with Gasteiger partial charge in [-0.2, -0.15) is 5.26 Å². The summed E-state index contributed by atoms with van der Waals surface area (Å²) >= 11 is 6.98. The number of rotatable bonds is 3. The minimum Gasteiger partial charge on any atom is -0.270 e. The van der Waals surface area contributed by atoms with Gasteiger partial charge < -0.3 is 0 Å². The maximum Gasteiger partial charge on any atom is 0.343 e. The Morgan fingerprint density at radius 2 is 2.39 bits per heavy atom. The number of nitriles is 1. The summed E-state index contributed by atoms with van der Waals surface area (Å²) in [5, 5.41) is 16.3. The molecule has 0 aliphatic rings. The van der Waals surface area contributed by atoms with Gasteiger partial charge in [0.1, 0.15) is 10.2 Å². The maximum absolute atomic E-state index is 11.4. The van der Waals surface area contributed by atoms with Crippen molar-refractivity contribution in [2.75, 3.05) is 0 Å². The van der Waals surface area contributed by atoms with Crippen LogP contribution < -0.4 is 5.69 Å². The molecule has 0 bridgehead atoms. The second-order valence-electron chi connectivity index (χ2n) is 3.29. The van der Waals surface area contributed by atoms with E-state index in [4.69, 9.17) is 16.9 Å². The van der Waals surface area contributed by atoms with Crippen LogP contribution in [0.5, 0.6) is 0 Å². The number of nitrogens with zero attached hydrogens (tertiary/aromatic N) is 4. The van der Waals surface area contributed by atoms with Crippen molar-refractivity contribution in [3.63, 3.8) is 0 Å². The van der Waals surface area contributed by atoms with Crippen LogP contribution in [0.1, 0.15) is 12.5 Å². The highest BCUT2D eigenvalue weighted by Crippen LogP contribution is 2.25. The highest BCUT2D eigenvalue weighted by Gasteiger charge is 2.10. The number of halogens is 1. The standard InChI is InChI=1S/C10H8ClN5OS/c1-2-16-9(17)14-15-10(16)18-8-4-6(5-12)3-7(11)13-8/h3-4H,2H2,1H3,(H,14,17). The lowest BCUT2D eigenvalue weighted by Gasteiger charge is -2.02. The van der Waals surface area contributed by atoms with Gasteiger partial charge in [0, 0.05) is 6.54 Å². The molecule has 0 unspecified atom stereocenters. The van der Waals surface area contributed by atoms with Gasteiger partial charge in [0.15, 0.2) is 5.16 Å². The summed E-state index contributed by atoms with van der Waals surface area (Å²) in [6.45, 7) is 2.34. The van der Waals surface area contributed by atoms with E-state index in [1.54, 1.807) is 6.07 Å². The van der Waals surface area contributed by atoms with Crippen LogP contribution in [0.3, 0.4) is 0 Å². The Kier molecular flexibility index (Phi) is 3.69. The lowest BCUT2D eigenvalue weighted by atomic mass is 10.3. The SMILES string of the molecule is CCn1c(Sc2cc(C#N)cc(Cl)n2)n[nH]c1=O. The zero-order valence-electron chi connectivity index (χ0n) is 9.35. The molecule has 92 valence electrons. The zero-order chi connectivity index (χ0) is 13.1. The van der Waals surface area contributed by atoms with Crippen molar-refractivity contribution in [3.05, 3.63) is 33.3 Å². The quantitative estimate of drug-likeness (QED) is 0.865. The highest BCUT2D eigenvalue weighted by molar-refractivity contribution is 7.99. The molecule has 0 aliphatic heterocycles. The van der Waals surface area contributed by atoms with E-state index < -0.39 is 0 Å². The molecular weight excluding hydrogens is 274 g/mol. The van der Waals surface area contributed by atoms with Gasteiger partial charge in [-0.05, 0) is 30.8 Å². The molecule has 2 heterocycles. The lowest BCUT2D eigenvalue weighted by molar-refractivity contribution is 0.660.